The standard InChI is InChI=1S/C13H20N4O3S/c1-9-7-11(16(3)15-9)14-12(18)10-8-13(2)5-4-6-17(13)21(10,19)20/h7,10H,4-6,8H2,1-3H3,(H,14,18). The fourth-order valence-corrected chi connectivity index (χ4v) is 5.83. The van der Waals surface area contributed by atoms with Crippen LogP contribution in [0.1, 0.15) is 31.9 Å². The number of nitrogens with zero attached hydrogens (tertiary/aromatic N) is 3. The number of sulfonamides is 1. The number of aryl methyl sites for hydroxylation is 2. The van der Waals surface area contributed by atoms with Gasteiger partial charge in [0.05, 0.1) is 5.69 Å². The Hall–Kier alpha value is -1.41. The van der Waals surface area contributed by atoms with Crippen molar-refractivity contribution in [2.45, 2.75) is 43.9 Å². The molecular formula is C13H20N4O3S. The number of hydrogen-bond donors (Lipinski definition) is 1. The highest BCUT2D eigenvalue weighted by molar-refractivity contribution is 7.90. The summed E-state index contributed by atoms with van der Waals surface area (Å²) in [6, 6.07) is 1.72. The highest BCUT2D eigenvalue weighted by atomic mass is 32.2. The maximum absolute atomic E-state index is 12.5. The second kappa shape index (κ2) is 4.54. The molecule has 2 saturated heterocycles. The zero-order chi connectivity index (χ0) is 15.4. The molecule has 3 heterocycles. The third kappa shape index (κ3) is 2.17. The van der Waals surface area contributed by atoms with Gasteiger partial charge in [-0.05, 0) is 33.1 Å². The predicted molar refractivity (Wildman–Crippen MR) is 78.2 cm³/mol. The van der Waals surface area contributed by atoms with Gasteiger partial charge in [-0.1, -0.05) is 0 Å². The van der Waals surface area contributed by atoms with Gasteiger partial charge < -0.3 is 5.32 Å². The van der Waals surface area contributed by atoms with Gasteiger partial charge >= 0.3 is 0 Å². The molecule has 21 heavy (non-hydrogen) atoms. The summed E-state index contributed by atoms with van der Waals surface area (Å²) < 4.78 is 28.1. The molecule has 7 nitrogen and oxygen atoms in total. The van der Waals surface area contributed by atoms with E-state index in [1.165, 1.54) is 8.99 Å². The fourth-order valence-electron chi connectivity index (χ4n) is 3.46. The summed E-state index contributed by atoms with van der Waals surface area (Å²) in [7, 11) is -1.84. The summed E-state index contributed by atoms with van der Waals surface area (Å²) in [6.07, 6.45) is 2.05. The van der Waals surface area contributed by atoms with Crippen molar-refractivity contribution in [1.82, 2.24) is 14.1 Å². The van der Waals surface area contributed by atoms with Gasteiger partial charge in [0.1, 0.15) is 5.82 Å². The second-order valence-corrected chi connectivity index (χ2v) is 8.23. The molecular weight excluding hydrogens is 292 g/mol. The molecule has 0 saturated carbocycles. The average Bonchev–Trinajstić information content (AvgIpc) is 2.95. The SMILES string of the molecule is Cc1cc(NC(=O)C2CC3(C)CCCN3S2(=O)=O)n(C)n1. The highest BCUT2D eigenvalue weighted by Gasteiger charge is 2.57. The molecule has 0 spiro atoms. The van der Waals surface area contributed by atoms with Gasteiger partial charge in [-0.25, -0.2) is 8.42 Å². The van der Waals surface area contributed by atoms with Crippen LogP contribution in [0.2, 0.25) is 0 Å². The number of nitrogens with one attached hydrogen (secondary N) is 1. The first-order valence-electron chi connectivity index (χ1n) is 7.07. The van der Waals surface area contributed by atoms with E-state index in [-0.39, 0.29) is 0 Å². The van der Waals surface area contributed by atoms with Crippen molar-refractivity contribution in [3.05, 3.63) is 11.8 Å². The Morgan fingerprint density at radius 3 is 2.81 bits per heavy atom. The summed E-state index contributed by atoms with van der Waals surface area (Å²) in [5.74, 6) is 0.0542. The molecule has 1 aromatic rings. The molecule has 0 aromatic carbocycles. The molecule has 0 bridgehead atoms. The molecule has 2 atom stereocenters. The monoisotopic (exact) mass is 312 g/mol. The molecule has 0 radical (unpaired) electrons. The molecule has 3 rings (SSSR count). The van der Waals surface area contributed by atoms with Crippen LogP contribution in [0.5, 0.6) is 0 Å². The molecule has 1 aromatic heterocycles. The summed E-state index contributed by atoms with van der Waals surface area (Å²) in [5, 5.41) is 5.83. The molecule has 2 fully saturated rings. The maximum Gasteiger partial charge on any atom is 0.245 e. The number of fused-ring (bicyclic) bond motifs is 1. The summed E-state index contributed by atoms with van der Waals surface area (Å²) in [6.45, 7) is 4.27. The van der Waals surface area contributed by atoms with Crippen LogP contribution in [-0.4, -0.2) is 45.7 Å². The van der Waals surface area contributed by atoms with Crippen LogP contribution in [-0.2, 0) is 21.9 Å². The maximum atomic E-state index is 12.5. The van der Waals surface area contributed by atoms with Crippen molar-refractivity contribution in [3.63, 3.8) is 0 Å². The zero-order valence-corrected chi connectivity index (χ0v) is 13.3. The van der Waals surface area contributed by atoms with E-state index in [0.717, 1.165) is 18.5 Å². The van der Waals surface area contributed by atoms with Crippen molar-refractivity contribution in [2.75, 3.05) is 11.9 Å². The van der Waals surface area contributed by atoms with E-state index in [1.54, 1.807) is 13.1 Å². The van der Waals surface area contributed by atoms with E-state index in [9.17, 15) is 13.2 Å². The van der Waals surface area contributed by atoms with Gasteiger partial charge in [0.15, 0.2) is 5.25 Å². The molecule has 1 N–H and O–H groups in total. The average molecular weight is 312 g/mol. The third-order valence-corrected chi connectivity index (χ3v) is 6.85. The largest absolute Gasteiger partial charge is 0.310 e. The Kier molecular flexibility index (Phi) is 3.14. The topological polar surface area (TPSA) is 84.3 Å². The van der Waals surface area contributed by atoms with Crippen LogP contribution in [0.4, 0.5) is 5.82 Å². The Labute approximate surface area is 124 Å². The van der Waals surface area contributed by atoms with E-state index in [1.807, 2.05) is 13.8 Å². The number of aromatic nitrogens is 2. The third-order valence-electron chi connectivity index (χ3n) is 4.52. The lowest BCUT2D eigenvalue weighted by molar-refractivity contribution is -0.116. The van der Waals surface area contributed by atoms with Gasteiger partial charge in [0, 0.05) is 25.2 Å². The molecule has 0 aliphatic carbocycles. The van der Waals surface area contributed by atoms with Gasteiger partial charge in [-0.3, -0.25) is 9.48 Å². The van der Waals surface area contributed by atoms with Crippen LogP contribution in [0, 0.1) is 6.92 Å². The van der Waals surface area contributed by atoms with Crippen molar-refractivity contribution in [2.24, 2.45) is 7.05 Å². The zero-order valence-electron chi connectivity index (χ0n) is 12.5. The highest BCUT2D eigenvalue weighted by Crippen LogP contribution is 2.44. The van der Waals surface area contributed by atoms with Gasteiger partial charge in [0.2, 0.25) is 15.9 Å². The normalized spacial score (nSPS) is 31.3. The number of carbonyl (C=O) groups is 1. The quantitative estimate of drug-likeness (QED) is 0.868. The lowest BCUT2D eigenvalue weighted by Gasteiger charge is -2.24. The van der Waals surface area contributed by atoms with Crippen molar-refractivity contribution >= 4 is 21.7 Å². The number of amides is 1. The summed E-state index contributed by atoms with van der Waals surface area (Å²) in [5.41, 5.74) is 0.373. The van der Waals surface area contributed by atoms with E-state index in [0.29, 0.717) is 18.8 Å². The van der Waals surface area contributed by atoms with E-state index >= 15 is 0 Å². The number of anilines is 1. The predicted octanol–water partition coefficient (Wildman–Crippen LogP) is 0.624. The summed E-state index contributed by atoms with van der Waals surface area (Å²) >= 11 is 0. The summed E-state index contributed by atoms with van der Waals surface area (Å²) in [4.78, 5) is 12.4. The van der Waals surface area contributed by atoms with Crippen LogP contribution < -0.4 is 5.32 Å². The molecule has 116 valence electrons. The first kappa shape index (κ1) is 14.5. The number of carbonyl (C=O) groups excluding carboxylic acids is 1. The van der Waals surface area contributed by atoms with Gasteiger partial charge in [0.25, 0.3) is 0 Å². The first-order chi connectivity index (χ1) is 9.74. The number of hydrogen-bond acceptors (Lipinski definition) is 4. The molecule has 8 heteroatoms. The second-order valence-electron chi connectivity index (χ2n) is 6.19. The van der Waals surface area contributed by atoms with E-state index in [2.05, 4.69) is 10.4 Å². The van der Waals surface area contributed by atoms with Crippen LogP contribution in [0.25, 0.3) is 0 Å². The van der Waals surface area contributed by atoms with Gasteiger partial charge in [-0.2, -0.15) is 9.40 Å². The molecule has 2 aliphatic heterocycles. The molecule has 1 amide bonds. The lowest BCUT2D eigenvalue weighted by atomic mass is 9.94. The lowest BCUT2D eigenvalue weighted by Crippen LogP contribution is -2.39. The van der Waals surface area contributed by atoms with Gasteiger partial charge in [-0.15, -0.1) is 0 Å². The minimum absolute atomic E-state index is 0.359. The van der Waals surface area contributed by atoms with Crippen molar-refractivity contribution in [3.8, 4) is 0 Å². The van der Waals surface area contributed by atoms with E-state index < -0.39 is 26.7 Å². The van der Waals surface area contributed by atoms with Crippen molar-refractivity contribution in [1.29, 1.82) is 0 Å². The van der Waals surface area contributed by atoms with Crippen LogP contribution in [0.3, 0.4) is 0 Å². The first-order valence-corrected chi connectivity index (χ1v) is 8.57. The minimum Gasteiger partial charge on any atom is -0.310 e. The Balaban J connectivity index is 1.84. The Morgan fingerprint density at radius 1 is 1.52 bits per heavy atom. The molecule has 2 aliphatic rings. The molecule has 2 unspecified atom stereocenters. The van der Waals surface area contributed by atoms with Crippen LogP contribution in [0.15, 0.2) is 6.07 Å². The van der Waals surface area contributed by atoms with Crippen LogP contribution >= 0.6 is 0 Å². The minimum atomic E-state index is -3.56. The van der Waals surface area contributed by atoms with Crippen molar-refractivity contribution < 1.29 is 13.2 Å². The Bertz CT molecular complexity index is 696. The fraction of sp³-hybridized carbons (Fsp3) is 0.692. The van der Waals surface area contributed by atoms with E-state index in [4.69, 9.17) is 0 Å². The Morgan fingerprint density at radius 2 is 2.24 bits per heavy atom. The number of rotatable bonds is 2. The smallest absolute Gasteiger partial charge is 0.245 e.